The van der Waals surface area contributed by atoms with Gasteiger partial charge in [-0.3, -0.25) is 4.89 Å². The number of carbonyl (C=O) groups is 1. The van der Waals surface area contributed by atoms with Gasteiger partial charge < -0.3 is 14.6 Å². The van der Waals surface area contributed by atoms with Crippen molar-refractivity contribution in [2.45, 2.75) is 38.8 Å². The topological polar surface area (TPSA) is 77.5 Å². The van der Waals surface area contributed by atoms with E-state index in [4.69, 9.17) is 9.47 Å². The number of alkyl halides is 3. The van der Waals surface area contributed by atoms with Crippen LogP contribution in [0.4, 0.5) is 23.7 Å². The first-order chi connectivity index (χ1) is 14.4. The van der Waals surface area contributed by atoms with Crippen molar-refractivity contribution in [2.24, 2.45) is 0 Å². The van der Waals surface area contributed by atoms with Crippen LogP contribution >= 0.6 is 0 Å². The molecule has 31 heavy (non-hydrogen) atoms. The van der Waals surface area contributed by atoms with Crippen LogP contribution in [0.2, 0.25) is 0 Å². The summed E-state index contributed by atoms with van der Waals surface area (Å²) in [4.78, 5) is 20.6. The lowest BCUT2D eigenvalue weighted by molar-refractivity contribution is -0.457. The van der Waals surface area contributed by atoms with Crippen LogP contribution in [0.15, 0.2) is 42.5 Å². The van der Waals surface area contributed by atoms with Crippen LogP contribution in [-0.4, -0.2) is 31.8 Å². The first-order valence-corrected chi connectivity index (χ1v) is 9.14. The van der Waals surface area contributed by atoms with Crippen molar-refractivity contribution in [1.82, 2.24) is 0 Å². The smallest absolute Gasteiger partial charge is 0.493 e. The largest absolute Gasteiger partial charge is 0.558 e. The second kappa shape index (κ2) is 9.44. The van der Waals surface area contributed by atoms with E-state index < -0.39 is 24.1 Å². The van der Waals surface area contributed by atoms with E-state index >= 15 is 0 Å². The van der Waals surface area contributed by atoms with E-state index in [1.165, 1.54) is 32.4 Å². The third-order valence-corrected chi connectivity index (χ3v) is 4.33. The van der Waals surface area contributed by atoms with Crippen LogP contribution in [0.1, 0.15) is 38.1 Å². The van der Waals surface area contributed by atoms with E-state index in [2.05, 4.69) is 9.78 Å². The van der Waals surface area contributed by atoms with Crippen LogP contribution in [0, 0.1) is 0 Å². The number of hydrogen-bond acceptors (Lipinski definition) is 6. The maximum atomic E-state index is 12.7. The molecule has 0 saturated carbocycles. The molecule has 2 aromatic rings. The van der Waals surface area contributed by atoms with Gasteiger partial charge in [0.2, 0.25) is 0 Å². The number of methoxy groups -OCH3 is 2. The van der Waals surface area contributed by atoms with Crippen molar-refractivity contribution in [1.29, 1.82) is 0 Å². The molecule has 0 aliphatic heterocycles. The Balaban J connectivity index is 2.63. The Hall–Kier alpha value is -2.98. The summed E-state index contributed by atoms with van der Waals surface area (Å²) in [7, 11) is 2.71. The van der Waals surface area contributed by atoms with Gasteiger partial charge in [-0.2, -0.15) is 0 Å². The van der Waals surface area contributed by atoms with Gasteiger partial charge in [-0.05, 0) is 23.1 Å². The number of para-hydroxylation sites is 2. The Kier molecular flexibility index (Phi) is 7.40. The summed E-state index contributed by atoms with van der Waals surface area (Å²) in [5.74, 6) is 0.350. The van der Waals surface area contributed by atoms with Crippen molar-refractivity contribution in [3.8, 4) is 11.5 Å². The molecule has 1 N–H and O–H groups in total. The number of anilines is 1. The summed E-state index contributed by atoms with van der Waals surface area (Å²) in [6.45, 7) is 5.54. The van der Waals surface area contributed by atoms with Crippen LogP contribution in [-0.2, 0) is 15.2 Å². The van der Waals surface area contributed by atoms with Crippen molar-refractivity contribution < 1.29 is 42.3 Å². The summed E-state index contributed by atoms with van der Waals surface area (Å²) < 4.78 is 47.9. The Morgan fingerprint density at radius 1 is 1.00 bits per heavy atom. The molecule has 0 aliphatic rings. The van der Waals surface area contributed by atoms with E-state index in [1.54, 1.807) is 24.3 Å². The average Bonchev–Trinajstić information content (AvgIpc) is 2.70. The Labute approximate surface area is 177 Å². The van der Waals surface area contributed by atoms with Crippen molar-refractivity contribution in [3.05, 3.63) is 53.6 Å². The Bertz CT molecular complexity index is 911. The standard InChI is InChI=1S/C21H24F3NO6/c1-20(2,3)14-10-6-7-11-15(14)25(19(27)30-31-21(22,23)24)18(26)13-9-8-12-16(28-4)17(13)29-5/h6-12,18,26H,1-5H3. The number of amides is 1. The minimum Gasteiger partial charge on any atom is -0.493 e. The van der Waals surface area contributed by atoms with E-state index in [0.29, 0.717) is 10.5 Å². The summed E-state index contributed by atoms with van der Waals surface area (Å²) in [5.41, 5.74) is 0.232. The molecule has 1 unspecified atom stereocenters. The van der Waals surface area contributed by atoms with Gasteiger partial charge in [0, 0.05) is 5.56 Å². The summed E-state index contributed by atoms with van der Waals surface area (Å²) >= 11 is 0. The SMILES string of the molecule is COc1cccc(C(O)N(C(=O)OOC(F)(F)F)c2ccccc2C(C)(C)C)c1OC. The monoisotopic (exact) mass is 443 g/mol. The lowest BCUT2D eigenvalue weighted by Gasteiger charge is -2.32. The molecular weight excluding hydrogens is 419 g/mol. The minimum atomic E-state index is -5.22. The van der Waals surface area contributed by atoms with Gasteiger partial charge in [-0.25, -0.2) is 9.69 Å². The molecule has 0 radical (unpaired) electrons. The molecule has 7 nitrogen and oxygen atoms in total. The Morgan fingerprint density at radius 3 is 2.19 bits per heavy atom. The van der Waals surface area contributed by atoms with Crippen molar-refractivity contribution in [3.63, 3.8) is 0 Å². The third-order valence-electron chi connectivity index (χ3n) is 4.33. The Morgan fingerprint density at radius 2 is 1.65 bits per heavy atom. The highest BCUT2D eigenvalue weighted by Gasteiger charge is 2.38. The zero-order valence-electron chi connectivity index (χ0n) is 17.7. The molecule has 0 heterocycles. The molecule has 10 heteroatoms. The van der Waals surface area contributed by atoms with E-state index in [0.717, 1.165) is 0 Å². The molecule has 1 atom stereocenters. The number of rotatable bonds is 6. The van der Waals surface area contributed by atoms with Gasteiger partial charge >= 0.3 is 12.5 Å². The van der Waals surface area contributed by atoms with Gasteiger partial charge in [0.05, 0.1) is 19.9 Å². The molecule has 0 spiro atoms. The van der Waals surface area contributed by atoms with Crippen LogP contribution in [0.5, 0.6) is 11.5 Å². The quantitative estimate of drug-likeness (QED) is 0.381. The molecule has 0 bridgehead atoms. The van der Waals surface area contributed by atoms with E-state index in [-0.39, 0.29) is 22.7 Å². The number of hydrogen-bond donors (Lipinski definition) is 1. The van der Waals surface area contributed by atoms with E-state index in [9.17, 15) is 23.1 Å². The molecule has 170 valence electrons. The highest BCUT2D eigenvalue weighted by atomic mass is 19.4. The number of ether oxygens (including phenoxy) is 2. The molecule has 2 aromatic carbocycles. The van der Waals surface area contributed by atoms with Crippen LogP contribution in [0.25, 0.3) is 0 Å². The molecule has 0 fully saturated rings. The zero-order chi connectivity index (χ0) is 23.4. The molecule has 0 aromatic heterocycles. The molecule has 0 aliphatic carbocycles. The zero-order valence-corrected chi connectivity index (χ0v) is 17.7. The molecular formula is C21H24F3NO6. The summed E-state index contributed by atoms with van der Waals surface area (Å²) in [6, 6.07) is 11.0. The lowest BCUT2D eigenvalue weighted by atomic mass is 9.85. The molecule has 2 rings (SSSR count). The highest BCUT2D eigenvalue weighted by molar-refractivity contribution is 5.89. The number of carbonyl (C=O) groups excluding carboxylic acids is 1. The number of nitrogens with zero attached hydrogens (tertiary/aromatic N) is 1. The van der Waals surface area contributed by atoms with Crippen molar-refractivity contribution >= 4 is 11.8 Å². The number of aliphatic hydroxyl groups is 1. The fraction of sp³-hybridized carbons (Fsp3) is 0.381. The van der Waals surface area contributed by atoms with Crippen LogP contribution < -0.4 is 14.4 Å². The van der Waals surface area contributed by atoms with E-state index in [1.807, 2.05) is 20.8 Å². The maximum Gasteiger partial charge on any atom is 0.558 e. The minimum absolute atomic E-state index is 0.0644. The average molecular weight is 443 g/mol. The second-order valence-electron chi connectivity index (χ2n) is 7.47. The van der Waals surface area contributed by atoms with Gasteiger partial charge in [0.15, 0.2) is 17.7 Å². The normalized spacial score (nSPS) is 12.8. The number of halogens is 3. The highest BCUT2D eigenvalue weighted by Crippen LogP contribution is 2.40. The summed E-state index contributed by atoms with van der Waals surface area (Å²) in [6.07, 6.45) is -8.59. The summed E-state index contributed by atoms with van der Waals surface area (Å²) in [5, 5.41) is 11.1. The van der Waals surface area contributed by atoms with Gasteiger partial charge in [-0.1, -0.05) is 56.0 Å². The second-order valence-corrected chi connectivity index (χ2v) is 7.47. The third kappa shape index (κ3) is 5.80. The first kappa shape index (κ1) is 24.3. The first-order valence-electron chi connectivity index (χ1n) is 9.14. The lowest BCUT2D eigenvalue weighted by Crippen LogP contribution is -2.38. The molecule has 1 amide bonds. The van der Waals surface area contributed by atoms with Gasteiger partial charge in [0.25, 0.3) is 0 Å². The van der Waals surface area contributed by atoms with Crippen LogP contribution in [0.3, 0.4) is 0 Å². The number of aliphatic hydroxyl groups excluding tert-OH is 1. The molecule has 0 saturated heterocycles. The van der Waals surface area contributed by atoms with Gasteiger partial charge in [-0.15, -0.1) is 13.2 Å². The fourth-order valence-electron chi connectivity index (χ4n) is 3.03. The maximum absolute atomic E-state index is 12.7. The predicted molar refractivity (Wildman–Crippen MR) is 106 cm³/mol. The fourth-order valence-corrected chi connectivity index (χ4v) is 3.03. The van der Waals surface area contributed by atoms with Gasteiger partial charge in [0.1, 0.15) is 0 Å². The number of benzene rings is 2. The van der Waals surface area contributed by atoms with Crippen molar-refractivity contribution in [2.75, 3.05) is 19.1 Å². The predicted octanol–water partition coefficient (Wildman–Crippen LogP) is 5.09.